The van der Waals surface area contributed by atoms with Crippen LogP contribution in [-0.2, 0) is 0 Å². The molecule has 1 aliphatic rings. The number of carbonyl (C=O) groups is 1. The first-order chi connectivity index (χ1) is 8.09. The van der Waals surface area contributed by atoms with Crippen LogP contribution in [0.2, 0.25) is 0 Å². The summed E-state index contributed by atoms with van der Waals surface area (Å²) in [4.78, 5) is 14.0. The maximum Gasteiger partial charge on any atom is 0.255 e. The highest BCUT2D eigenvalue weighted by Gasteiger charge is 2.24. The Labute approximate surface area is 110 Å². The molecule has 1 aliphatic heterocycles. The number of hydrogen-bond donors (Lipinski definition) is 1. The second kappa shape index (κ2) is 5.19. The van der Waals surface area contributed by atoms with Gasteiger partial charge in [-0.1, -0.05) is 12.1 Å². The summed E-state index contributed by atoms with van der Waals surface area (Å²) in [5.74, 6) is -0.000625. The monoisotopic (exact) mass is 297 g/mol. The molecule has 17 heavy (non-hydrogen) atoms. The van der Waals surface area contributed by atoms with Crippen molar-refractivity contribution in [3.05, 3.63) is 33.8 Å². The Bertz CT molecular complexity index is 433. The molecule has 1 amide bonds. The maximum atomic E-state index is 12.3. The number of hydrogen-bond acceptors (Lipinski definition) is 2. The number of β-amino-alcohol motifs (C(OH)–C–C–N with tert-alkyl or cyclic N) is 1. The molecule has 1 saturated heterocycles. The van der Waals surface area contributed by atoms with Crippen molar-refractivity contribution in [1.82, 2.24) is 4.90 Å². The van der Waals surface area contributed by atoms with Crippen LogP contribution in [0, 0.1) is 6.92 Å². The van der Waals surface area contributed by atoms with Gasteiger partial charge in [-0.05, 0) is 47.3 Å². The van der Waals surface area contributed by atoms with E-state index in [1.165, 1.54) is 0 Å². The topological polar surface area (TPSA) is 40.5 Å². The fourth-order valence-corrected chi connectivity index (χ4v) is 2.56. The molecule has 0 bridgehead atoms. The van der Waals surface area contributed by atoms with Gasteiger partial charge in [-0.15, -0.1) is 0 Å². The Morgan fingerprint density at radius 2 is 2.29 bits per heavy atom. The van der Waals surface area contributed by atoms with E-state index in [0.29, 0.717) is 12.1 Å². The normalized spacial score (nSPS) is 20.4. The minimum atomic E-state index is -0.378. The lowest BCUT2D eigenvalue weighted by atomic mass is 10.1. The van der Waals surface area contributed by atoms with Crippen LogP contribution in [-0.4, -0.2) is 35.1 Å². The zero-order chi connectivity index (χ0) is 12.4. The molecule has 1 N–H and O–H groups in total. The molecular weight excluding hydrogens is 282 g/mol. The van der Waals surface area contributed by atoms with Crippen molar-refractivity contribution in [2.24, 2.45) is 0 Å². The number of piperidine rings is 1. The van der Waals surface area contributed by atoms with Gasteiger partial charge in [0.25, 0.3) is 5.91 Å². The Hall–Kier alpha value is -0.870. The van der Waals surface area contributed by atoms with Gasteiger partial charge in [0.1, 0.15) is 0 Å². The van der Waals surface area contributed by atoms with E-state index in [4.69, 9.17) is 0 Å². The zero-order valence-corrected chi connectivity index (χ0v) is 11.4. The summed E-state index contributed by atoms with van der Waals surface area (Å²) in [6, 6.07) is 5.67. The van der Waals surface area contributed by atoms with Crippen molar-refractivity contribution in [3.63, 3.8) is 0 Å². The number of aliphatic hydroxyl groups excluding tert-OH is 1. The molecule has 1 atom stereocenters. The number of likely N-dealkylation sites (tertiary alicyclic amines) is 1. The molecule has 0 aromatic heterocycles. The molecule has 0 aliphatic carbocycles. The highest BCUT2D eigenvalue weighted by Crippen LogP contribution is 2.23. The van der Waals surface area contributed by atoms with Gasteiger partial charge in [0.15, 0.2) is 0 Å². The van der Waals surface area contributed by atoms with E-state index >= 15 is 0 Å². The van der Waals surface area contributed by atoms with E-state index in [9.17, 15) is 9.90 Å². The summed E-state index contributed by atoms with van der Waals surface area (Å²) in [6.07, 6.45) is 1.28. The van der Waals surface area contributed by atoms with Crippen LogP contribution in [0.15, 0.2) is 22.7 Å². The van der Waals surface area contributed by atoms with Crippen LogP contribution in [0.1, 0.15) is 28.8 Å². The SMILES string of the molecule is Cc1cccc(C(=O)N2CCC[C@H](O)C2)c1Br. The lowest BCUT2D eigenvalue weighted by Gasteiger charge is -2.30. The predicted molar refractivity (Wildman–Crippen MR) is 70.0 cm³/mol. The number of amides is 1. The third-order valence-electron chi connectivity index (χ3n) is 3.11. The third kappa shape index (κ3) is 2.69. The quantitative estimate of drug-likeness (QED) is 0.864. The summed E-state index contributed by atoms with van der Waals surface area (Å²) < 4.78 is 0.852. The molecule has 1 heterocycles. The van der Waals surface area contributed by atoms with Gasteiger partial charge in [-0.3, -0.25) is 4.79 Å². The Morgan fingerprint density at radius 1 is 1.53 bits per heavy atom. The van der Waals surface area contributed by atoms with Crippen LogP contribution in [0.25, 0.3) is 0 Å². The fourth-order valence-electron chi connectivity index (χ4n) is 2.12. The molecule has 4 heteroatoms. The first kappa shape index (κ1) is 12.6. The van der Waals surface area contributed by atoms with Gasteiger partial charge in [0.2, 0.25) is 0 Å². The molecule has 0 unspecified atom stereocenters. The summed E-state index contributed by atoms with van der Waals surface area (Å²) in [5, 5.41) is 9.59. The molecule has 1 fully saturated rings. The van der Waals surface area contributed by atoms with Gasteiger partial charge in [0.05, 0.1) is 11.7 Å². The van der Waals surface area contributed by atoms with E-state index in [-0.39, 0.29) is 12.0 Å². The Kier molecular flexibility index (Phi) is 3.84. The van der Waals surface area contributed by atoms with Gasteiger partial charge in [0, 0.05) is 17.6 Å². The van der Waals surface area contributed by atoms with E-state index in [2.05, 4.69) is 15.9 Å². The number of rotatable bonds is 1. The molecule has 92 valence electrons. The average molecular weight is 298 g/mol. The second-order valence-corrected chi connectivity index (χ2v) is 5.28. The Morgan fingerprint density at radius 3 is 3.00 bits per heavy atom. The van der Waals surface area contributed by atoms with Crippen LogP contribution in [0.3, 0.4) is 0 Å². The first-order valence-corrected chi connectivity index (χ1v) is 6.61. The van der Waals surface area contributed by atoms with E-state index in [1.54, 1.807) is 4.90 Å². The van der Waals surface area contributed by atoms with Crippen molar-refractivity contribution in [3.8, 4) is 0 Å². The molecular formula is C13H16BrNO2. The molecule has 0 radical (unpaired) electrons. The van der Waals surface area contributed by atoms with Crippen molar-refractivity contribution in [2.75, 3.05) is 13.1 Å². The van der Waals surface area contributed by atoms with Crippen molar-refractivity contribution in [2.45, 2.75) is 25.9 Å². The minimum absolute atomic E-state index is 0.000625. The van der Waals surface area contributed by atoms with Gasteiger partial charge >= 0.3 is 0 Å². The standard InChI is InChI=1S/C13H16BrNO2/c1-9-4-2-6-11(12(9)14)13(17)15-7-3-5-10(16)8-15/h2,4,6,10,16H,3,5,7-8H2,1H3/t10-/m0/s1. The predicted octanol–water partition coefficient (Wildman–Crippen LogP) is 2.35. The second-order valence-electron chi connectivity index (χ2n) is 4.48. The number of halogens is 1. The van der Waals surface area contributed by atoms with Crippen LogP contribution in [0.5, 0.6) is 0 Å². The fraction of sp³-hybridized carbons (Fsp3) is 0.462. The van der Waals surface area contributed by atoms with Crippen molar-refractivity contribution in [1.29, 1.82) is 0 Å². The highest BCUT2D eigenvalue weighted by atomic mass is 79.9. The molecule has 1 aromatic carbocycles. The van der Waals surface area contributed by atoms with E-state index in [0.717, 1.165) is 29.4 Å². The summed E-state index contributed by atoms with van der Waals surface area (Å²) in [7, 11) is 0. The number of carbonyl (C=O) groups excluding carboxylic acids is 1. The van der Waals surface area contributed by atoms with Crippen LogP contribution < -0.4 is 0 Å². The molecule has 1 aromatic rings. The van der Waals surface area contributed by atoms with E-state index < -0.39 is 0 Å². The van der Waals surface area contributed by atoms with Gasteiger partial charge in [-0.2, -0.15) is 0 Å². The molecule has 0 saturated carbocycles. The maximum absolute atomic E-state index is 12.3. The van der Waals surface area contributed by atoms with Crippen LogP contribution in [0.4, 0.5) is 0 Å². The number of aliphatic hydroxyl groups is 1. The Balaban J connectivity index is 2.22. The lowest BCUT2D eigenvalue weighted by molar-refractivity contribution is 0.0473. The highest BCUT2D eigenvalue weighted by molar-refractivity contribution is 9.10. The molecule has 2 rings (SSSR count). The van der Waals surface area contributed by atoms with Gasteiger partial charge < -0.3 is 10.0 Å². The van der Waals surface area contributed by atoms with Crippen molar-refractivity contribution < 1.29 is 9.90 Å². The third-order valence-corrected chi connectivity index (χ3v) is 4.16. The summed E-state index contributed by atoms with van der Waals surface area (Å²) >= 11 is 3.45. The lowest BCUT2D eigenvalue weighted by Crippen LogP contribution is -2.42. The molecule has 0 spiro atoms. The largest absolute Gasteiger partial charge is 0.391 e. The average Bonchev–Trinajstić information content (AvgIpc) is 2.32. The summed E-state index contributed by atoms with van der Waals surface area (Å²) in [6.45, 7) is 3.14. The van der Waals surface area contributed by atoms with Gasteiger partial charge in [-0.25, -0.2) is 0 Å². The first-order valence-electron chi connectivity index (χ1n) is 5.82. The van der Waals surface area contributed by atoms with Crippen molar-refractivity contribution >= 4 is 21.8 Å². The summed E-state index contributed by atoms with van der Waals surface area (Å²) in [5.41, 5.74) is 1.73. The smallest absolute Gasteiger partial charge is 0.255 e. The number of benzene rings is 1. The number of nitrogens with zero attached hydrogens (tertiary/aromatic N) is 1. The zero-order valence-electron chi connectivity index (χ0n) is 9.82. The van der Waals surface area contributed by atoms with E-state index in [1.807, 2.05) is 25.1 Å². The van der Waals surface area contributed by atoms with Crippen LogP contribution >= 0.6 is 15.9 Å². The number of aryl methyl sites for hydroxylation is 1. The molecule has 3 nitrogen and oxygen atoms in total. The minimum Gasteiger partial charge on any atom is -0.391 e.